The number of nitrogens with zero attached hydrogens (tertiary/aromatic N) is 1. The molecule has 1 aromatic heterocycles. The number of para-hydroxylation sites is 1. The van der Waals surface area contributed by atoms with Crippen molar-refractivity contribution in [1.82, 2.24) is 10.3 Å². The Morgan fingerprint density at radius 2 is 1.64 bits per heavy atom. The maximum absolute atomic E-state index is 12.5. The van der Waals surface area contributed by atoms with Gasteiger partial charge in [-0.25, -0.2) is 9.78 Å². The zero-order chi connectivity index (χ0) is 27.8. The fraction of sp³-hybridized carbons (Fsp3) is 0.333. The maximum Gasteiger partial charge on any atom is 0.337 e. The van der Waals surface area contributed by atoms with Gasteiger partial charge in [-0.1, -0.05) is 26.0 Å². The number of carbonyl (C=O) groups is 3. The second kappa shape index (κ2) is 12.9. The van der Waals surface area contributed by atoms with Gasteiger partial charge in [0.1, 0.15) is 11.5 Å². The summed E-state index contributed by atoms with van der Waals surface area (Å²) in [6.45, 7) is 4.09. The standard InChI is InChI=1S/C30H33N3O6/c1-19(2)17-27(34)32-21-8-10-22(11-9-21)38-23-12-14-24(15-13-23)39-28-16-7-20(18-31-28)29(35)33-26-6-4-3-5-25(26)30(36)37/h3-7,12-16,18-19,21-22H,8-11,17H2,1-2H3,(H,32,34)(H,33,35)(H,36,37). The Morgan fingerprint density at radius 1 is 0.949 bits per heavy atom. The monoisotopic (exact) mass is 531 g/mol. The highest BCUT2D eigenvalue weighted by molar-refractivity contribution is 6.07. The van der Waals surface area contributed by atoms with Gasteiger partial charge in [-0.05, 0) is 74.1 Å². The van der Waals surface area contributed by atoms with Crippen LogP contribution in [-0.4, -0.2) is 40.0 Å². The Kier molecular flexibility index (Phi) is 9.14. The van der Waals surface area contributed by atoms with Crippen molar-refractivity contribution in [2.75, 3.05) is 5.32 Å². The fourth-order valence-corrected chi connectivity index (χ4v) is 4.43. The van der Waals surface area contributed by atoms with Gasteiger partial charge in [-0.3, -0.25) is 9.59 Å². The summed E-state index contributed by atoms with van der Waals surface area (Å²) in [5.41, 5.74) is 0.476. The molecule has 9 heteroatoms. The molecule has 0 aliphatic heterocycles. The Labute approximate surface area is 227 Å². The zero-order valence-corrected chi connectivity index (χ0v) is 22.1. The largest absolute Gasteiger partial charge is 0.490 e. The van der Waals surface area contributed by atoms with Crippen LogP contribution >= 0.6 is 0 Å². The lowest BCUT2D eigenvalue weighted by Gasteiger charge is -2.29. The first-order valence-electron chi connectivity index (χ1n) is 13.1. The topological polar surface area (TPSA) is 127 Å². The number of benzene rings is 2. The number of amides is 2. The molecule has 3 aromatic rings. The molecule has 0 radical (unpaired) electrons. The normalized spacial score (nSPS) is 16.8. The van der Waals surface area contributed by atoms with Crippen molar-refractivity contribution >= 4 is 23.5 Å². The lowest BCUT2D eigenvalue weighted by molar-refractivity contribution is -0.122. The van der Waals surface area contributed by atoms with E-state index in [2.05, 4.69) is 15.6 Å². The van der Waals surface area contributed by atoms with E-state index in [9.17, 15) is 19.5 Å². The lowest BCUT2D eigenvalue weighted by Crippen LogP contribution is -2.40. The molecule has 1 heterocycles. The molecule has 2 amide bonds. The summed E-state index contributed by atoms with van der Waals surface area (Å²) in [4.78, 5) is 40.1. The summed E-state index contributed by atoms with van der Waals surface area (Å²) in [6, 6.07) is 16.8. The number of ether oxygens (including phenoxy) is 2. The van der Waals surface area contributed by atoms with E-state index in [-0.39, 0.29) is 34.9 Å². The Balaban J connectivity index is 1.25. The second-order valence-electron chi connectivity index (χ2n) is 10.0. The van der Waals surface area contributed by atoms with E-state index in [4.69, 9.17) is 9.47 Å². The van der Waals surface area contributed by atoms with Crippen LogP contribution in [0.3, 0.4) is 0 Å². The first-order chi connectivity index (χ1) is 18.8. The number of carboxylic acids is 1. The van der Waals surface area contributed by atoms with Crippen LogP contribution < -0.4 is 20.1 Å². The number of pyridine rings is 1. The average Bonchev–Trinajstić information content (AvgIpc) is 2.91. The van der Waals surface area contributed by atoms with Gasteiger partial charge in [-0.15, -0.1) is 0 Å². The third kappa shape index (κ3) is 8.04. The van der Waals surface area contributed by atoms with Crippen LogP contribution in [0.5, 0.6) is 17.4 Å². The highest BCUT2D eigenvalue weighted by atomic mass is 16.5. The highest BCUT2D eigenvalue weighted by Crippen LogP contribution is 2.27. The second-order valence-corrected chi connectivity index (χ2v) is 10.0. The Morgan fingerprint density at radius 3 is 2.28 bits per heavy atom. The van der Waals surface area contributed by atoms with Crippen LogP contribution in [-0.2, 0) is 4.79 Å². The van der Waals surface area contributed by atoms with Crippen molar-refractivity contribution in [3.63, 3.8) is 0 Å². The summed E-state index contributed by atoms with van der Waals surface area (Å²) >= 11 is 0. The maximum atomic E-state index is 12.5. The van der Waals surface area contributed by atoms with E-state index in [0.29, 0.717) is 24.0 Å². The lowest BCUT2D eigenvalue weighted by atomic mass is 9.92. The zero-order valence-electron chi connectivity index (χ0n) is 22.1. The van der Waals surface area contributed by atoms with Crippen molar-refractivity contribution in [3.8, 4) is 17.4 Å². The van der Waals surface area contributed by atoms with E-state index < -0.39 is 11.9 Å². The number of hydrogen-bond acceptors (Lipinski definition) is 6. The summed E-state index contributed by atoms with van der Waals surface area (Å²) in [5, 5.41) is 15.0. The first-order valence-corrected chi connectivity index (χ1v) is 13.1. The van der Waals surface area contributed by atoms with Crippen molar-refractivity contribution < 1.29 is 29.0 Å². The SMILES string of the molecule is CC(C)CC(=O)NC1CCC(Oc2ccc(Oc3ccc(C(=O)Nc4ccccc4C(=O)O)cn3)cc2)CC1. The minimum atomic E-state index is -1.13. The van der Waals surface area contributed by atoms with Crippen LogP contribution in [0.2, 0.25) is 0 Å². The molecule has 0 saturated heterocycles. The first kappa shape index (κ1) is 27.6. The van der Waals surface area contributed by atoms with Gasteiger partial charge in [0.25, 0.3) is 5.91 Å². The van der Waals surface area contributed by atoms with Crippen LogP contribution in [0.4, 0.5) is 5.69 Å². The van der Waals surface area contributed by atoms with Gasteiger partial charge in [0.05, 0.1) is 22.9 Å². The quantitative estimate of drug-likeness (QED) is 0.307. The van der Waals surface area contributed by atoms with Gasteiger partial charge in [-0.2, -0.15) is 0 Å². The predicted molar refractivity (Wildman–Crippen MR) is 146 cm³/mol. The van der Waals surface area contributed by atoms with Gasteiger partial charge in [0.15, 0.2) is 0 Å². The van der Waals surface area contributed by atoms with Gasteiger partial charge >= 0.3 is 5.97 Å². The molecule has 4 rings (SSSR count). The van der Waals surface area contributed by atoms with Crippen LogP contribution in [0.1, 0.15) is 66.7 Å². The molecule has 204 valence electrons. The summed E-state index contributed by atoms with van der Waals surface area (Å²) in [6.07, 6.45) is 5.62. The van der Waals surface area contributed by atoms with Crippen molar-refractivity contribution in [2.24, 2.45) is 5.92 Å². The minimum Gasteiger partial charge on any atom is -0.490 e. The fourth-order valence-electron chi connectivity index (χ4n) is 4.43. The molecule has 39 heavy (non-hydrogen) atoms. The number of rotatable bonds is 10. The molecule has 0 spiro atoms. The summed E-state index contributed by atoms with van der Waals surface area (Å²) in [7, 11) is 0. The van der Waals surface area contributed by atoms with Crippen molar-refractivity contribution in [3.05, 3.63) is 78.0 Å². The number of aromatic carboxylic acids is 1. The third-order valence-electron chi connectivity index (χ3n) is 6.39. The molecule has 0 bridgehead atoms. The van der Waals surface area contributed by atoms with Gasteiger partial charge in [0, 0.05) is 24.7 Å². The molecule has 0 atom stereocenters. The predicted octanol–water partition coefficient (Wildman–Crippen LogP) is 5.68. The van der Waals surface area contributed by atoms with Crippen molar-refractivity contribution in [2.45, 2.75) is 58.1 Å². The van der Waals surface area contributed by atoms with Crippen LogP contribution in [0, 0.1) is 5.92 Å². The summed E-state index contributed by atoms with van der Waals surface area (Å²) < 4.78 is 11.9. The highest BCUT2D eigenvalue weighted by Gasteiger charge is 2.24. The number of carboxylic acid groups (broad SMARTS) is 1. The molecular formula is C30H33N3O6. The molecule has 1 aliphatic carbocycles. The van der Waals surface area contributed by atoms with E-state index in [1.165, 1.54) is 18.3 Å². The summed E-state index contributed by atoms with van der Waals surface area (Å²) in [5.74, 6) is 0.502. The van der Waals surface area contributed by atoms with Gasteiger partial charge < -0.3 is 25.2 Å². The molecule has 1 fully saturated rings. The van der Waals surface area contributed by atoms with Gasteiger partial charge in [0.2, 0.25) is 11.8 Å². The number of anilines is 1. The number of aromatic nitrogens is 1. The van der Waals surface area contributed by atoms with Crippen LogP contribution in [0.25, 0.3) is 0 Å². The van der Waals surface area contributed by atoms with E-state index >= 15 is 0 Å². The Hall–Kier alpha value is -4.40. The minimum absolute atomic E-state index is 0.00414. The number of carbonyl (C=O) groups excluding carboxylic acids is 2. The van der Waals surface area contributed by atoms with E-state index in [1.807, 2.05) is 26.0 Å². The average molecular weight is 532 g/mol. The third-order valence-corrected chi connectivity index (χ3v) is 6.39. The van der Waals surface area contributed by atoms with Crippen molar-refractivity contribution in [1.29, 1.82) is 0 Å². The molecular weight excluding hydrogens is 498 g/mol. The number of nitrogens with one attached hydrogen (secondary N) is 2. The van der Waals surface area contributed by atoms with E-state index in [0.717, 1.165) is 31.4 Å². The molecule has 0 unspecified atom stereocenters. The number of hydrogen-bond donors (Lipinski definition) is 3. The molecule has 1 saturated carbocycles. The van der Waals surface area contributed by atoms with Crippen LogP contribution in [0.15, 0.2) is 66.9 Å². The molecule has 9 nitrogen and oxygen atoms in total. The molecule has 3 N–H and O–H groups in total. The van der Waals surface area contributed by atoms with E-state index in [1.54, 1.807) is 36.4 Å². The molecule has 2 aromatic carbocycles. The Bertz CT molecular complexity index is 1280. The smallest absolute Gasteiger partial charge is 0.337 e. The molecule has 1 aliphatic rings.